The number of rotatable bonds is 4. The van der Waals surface area contributed by atoms with E-state index in [1.807, 2.05) is 36.1 Å². The van der Waals surface area contributed by atoms with E-state index in [1.54, 1.807) is 12.1 Å². The highest BCUT2D eigenvalue weighted by atomic mass is 16.3. The highest BCUT2D eigenvalue weighted by Gasteiger charge is 2.24. The molecule has 1 saturated heterocycles. The molecule has 0 saturated carbocycles. The Labute approximate surface area is 164 Å². The first-order valence-corrected chi connectivity index (χ1v) is 9.36. The lowest BCUT2D eigenvalue weighted by atomic mass is 10.2. The van der Waals surface area contributed by atoms with Crippen LogP contribution in [0.15, 0.2) is 53.1 Å². The molecule has 4 rings (SSSR count). The number of anilines is 3. The van der Waals surface area contributed by atoms with Gasteiger partial charge in [0.2, 0.25) is 0 Å². The van der Waals surface area contributed by atoms with Gasteiger partial charge in [0.25, 0.3) is 5.91 Å². The molecule has 1 aromatic carbocycles. The summed E-state index contributed by atoms with van der Waals surface area (Å²) in [5, 5.41) is 3.38. The molecule has 0 bridgehead atoms. The highest BCUT2D eigenvalue weighted by molar-refractivity contribution is 5.91. The van der Waals surface area contributed by atoms with Crippen LogP contribution in [-0.2, 0) is 0 Å². The third kappa shape index (κ3) is 3.83. The lowest BCUT2D eigenvalue weighted by Gasteiger charge is -2.35. The van der Waals surface area contributed by atoms with Gasteiger partial charge in [-0.05, 0) is 37.6 Å². The third-order valence-corrected chi connectivity index (χ3v) is 4.86. The van der Waals surface area contributed by atoms with Crippen LogP contribution in [0.2, 0.25) is 0 Å². The summed E-state index contributed by atoms with van der Waals surface area (Å²) in [7, 11) is 0. The van der Waals surface area contributed by atoms with E-state index in [0.29, 0.717) is 37.8 Å². The highest BCUT2D eigenvalue weighted by Crippen LogP contribution is 2.23. The van der Waals surface area contributed by atoms with Gasteiger partial charge in [-0.2, -0.15) is 0 Å². The molecular weight excluding hydrogens is 354 g/mol. The van der Waals surface area contributed by atoms with Gasteiger partial charge in [0.1, 0.15) is 17.5 Å². The van der Waals surface area contributed by atoms with Crippen molar-refractivity contribution in [2.45, 2.75) is 13.8 Å². The van der Waals surface area contributed by atoms with Gasteiger partial charge in [-0.3, -0.25) is 4.79 Å². The largest absolute Gasteiger partial charge is 0.459 e. The predicted octanol–water partition coefficient (Wildman–Crippen LogP) is 3.39. The number of hydrogen-bond acceptors (Lipinski definition) is 6. The van der Waals surface area contributed by atoms with E-state index in [0.717, 1.165) is 22.9 Å². The number of para-hydroxylation sites is 1. The van der Waals surface area contributed by atoms with Crippen LogP contribution in [0.5, 0.6) is 0 Å². The standard InChI is InChI=1S/C21H23N5O2/c1-15-6-3-4-7-17(15)24-19-14-20(23-16(2)22-19)25-9-11-26(12-10-25)21(27)18-8-5-13-28-18/h3-8,13-14H,9-12H2,1-2H3,(H,22,23,24). The average molecular weight is 377 g/mol. The normalized spacial score (nSPS) is 14.2. The Morgan fingerprint density at radius 1 is 1.04 bits per heavy atom. The van der Waals surface area contributed by atoms with Crippen LogP contribution < -0.4 is 10.2 Å². The fourth-order valence-corrected chi connectivity index (χ4v) is 3.32. The zero-order valence-electron chi connectivity index (χ0n) is 16.1. The molecule has 0 spiro atoms. The number of aromatic nitrogens is 2. The Hall–Kier alpha value is -3.35. The van der Waals surface area contributed by atoms with Crippen molar-refractivity contribution in [3.05, 3.63) is 65.9 Å². The van der Waals surface area contributed by atoms with E-state index in [-0.39, 0.29) is 5.91 Å². The van der Waals surface area contributed by atoms with Gasteiger partial charge in [-0.15, -0.1) is 0 Å². The number of nitrogens with zero attached hydrogens (tertiary/aromatic N) is 4. The van der Waals surface area contributed by atoms with Gasteiger partial charge >= 0.3 is 0 Å². The van der Waals surface area contributed by atoms with Crippen LogP contribution in [0.25, 0.3) is 0 Å². The Bertz CT molecular complexity index is 963. The van der Waals surface area contributed by atoms with Crippen molar-refractivity contribution in [1.82, 2.24) is 14.9 Å². The first-order valence-electron chi connectivity index (χ1n) is 9.36. The number of hydrogen-bond donors (Lipinski definition) is 1. The summed E-state index contributed by atoms with van der Waals surface area (Å²) >= 11 is 0. The predicted molar refractivity (Wildman–Crippen MR) is 108 cm³/mol. The SMILES string of the molecule is Cc1nc(Nc2ccccc2C)cc(N2CCN(C(=O)c3ccco3)CC2)n1. The summed E-state index contributed by atoms with van der Waals surface area (Å²) in [6, 6.07) is 13.5. The maximum Gasteiger partial charge on any atom is 0.289 e. The molecule has 0 aliphatic carbocycles. The molecule has 1 fully saturated rings. The summed E-state index contributed by atoms with van der Waals surface area (Å²) in [6.45, 7) is 6.64. The maximum atomic E-state index is 12.4. The molecule has 1 aliphatic heterocycles. The topological polar surface area (TPSA) is 74.5 Å². The quantitative estimate of drug-likeness (QED) is 0.751. The summed E-state index contributed by atoms with van der Waals surface area (Å²) in [6.07, 6.45) is 1.52. The second kappa shape index (κ2) is 7.72. The molecule has 1 amide bonds. The van der Waals surface area contributed by atoms with Gasteiger partial charge in [0.15, 0.2) is 5.76 Å². The fraction of sp³-hybridized carbons (Fsp3) is 0.286. The van der Waals surface area contributed by atoms with Crippen molar-refractivity contribution in [2.75, 3.05) is 36.4 Å². The van der Waals surface area contributed by atoms with Gasteiger partial charge < -0.3 is 19.5 Å². The Morgan fingerprint density at radius 2 is 1.82 bits per heavy atom. The van der Waals surface area contributed by atoms with E-state index in [2.05, 4.69) is 33.2 Å². The van der Waals surface area contributed by atoms with E-state index >= 15 is 0 Å². The minimum absolute atomic E-state index is 0.0644. The fourth-order valence-electron chi connectivity index (χ4n) is 3.32. The molecule has 7 nitrogen and oxygen atoms in total. The smallest absolute Gasteiger partial charge is 0.289 e. The Morgan fingerprint density at radius 3 is 2.54 bits per heavy atom. The number of benzene rings is 1. The molecule has 28 heavy (non-hydrogen) atoms. The minimum Gasteiger partial charge on any atom is -0.459 e. The number of carbonyl (C=O) groups is 1. The third-order valence-electron chi connectivity index (χ3n) is 4.86. The molecule has 2 aromatic heterocycles. The zero-order valence-corrected chi connectivity index (χ0v) is 16.1. The molecule has 3 heterocycles. The number of piperazine rings is 1. The van der Waals surface area contributed by atoms with Crippen LogP contribution >= 0.6 is 0 Å². The molecule has 0 unspecified atom stereocenters. The van der Waals surface area contributed by atoms with Crippen molar-refractivity contribution in [3.63, 3.8) is 0 Å². The maximum absolute atomic E-state index is 12.4. The molecule has 0 atom stereocenters. The molecule has 144 valence electrons. The summed E-state index contributed by atoms with van der Waals surface area (Å²) in [5.41, 5.74) is 2.19. The number of carbonyl (C=O) groups excluding carboxylic acids is 1. The van der Waals surface area contributed by atoms with E-state index in [4.69, 9.17) is 4.42 Å². The minimum atomic E-state index is -0.0644. The number of nitrogens with one attached hydrogen (secondary N) is 1. The monoisotopic (exact) mass is 377 g/mol. The van der Waals surface area contributed by atoms with Crippen LogP contribution in [0.3, 0.4) is 0 Å². The lowest BCUT2D eigenvalue weighted by Crippen LogP contribution is -2.49. The Balaban J connectivity index is 1.46. The zero-order chi connectivity index (χ0) is 19.5. The van der Waals surface area contributed by atoms with E-state index in [9.17, 15) is 4.79 Å². The van der Waals surface area contributed by atoms with Crippen molar-refractivity contribution >= 4 is 23.2 Å². The molecule has 3 aromatic rings. The summed E-state index contributed by atoms with van der Waals surface area (Å²) < 4.78 is 5.22. The van der Waals surface area contributed by atoms with E-state index in [1.165, 1.54) is 6.26 Å². The summed E-state index contributed by atoms with van der Waals surface area (Å²) in [4.78, 5) is 25.5. The average Bonchev–Trinajstić information content (AvgIpc) is 3.24. The molecule has 7 heteroatoms. The molecule has 0 radical (unpaired) electrons. The first kappa shape index (κ1) is 18.0. The van der Waals surface area contributed by atoms with Gasteiger partial charge in [-0.25, -0.2) is 9.97 Å². The van der Waals surface area contributed by atoms with Gasteiger partial charge in [0.05, 0.1) is 6.26 Å². The number of amides is 1. The van der Waals surface area contributed by atoms with Crippen molar-refractivity contribution in [3.8, 4) is 0 Å². The molecular formula is C21H23N5O2. The van der Waals surface area contributed by atoms with Crippen molar-refractivity contribution < 1.29 is 9.21 Å². The Kier molecular flexibility index (Phi) is 4.97. The van der Waals surface area contributed by atoms with Crippen molar-refractivity contribution in [1.29, 1.82) is 0 Å². The molecule has 1 aliphatic rings. The second-order valence-electron chi connectivity index (χ2n) is 6.86. The van der Waals surface area contributed by atoms with Crippen molar-refractivity contribution in [2.24, 2.45) is 0 Å². The van der Waals surface area contributed by atoms with Crippen LogP contribution in [0.4, 0.5) is 17.3 Å². The first-order chi connectivity index (χ1) is 13.6. The number of aryl methyl sites for hydroxylation is 2. The van der Waals surface area contributed by atoms with E-state index < -0.39 is 0 Å². The number of furan rings is 1. The summed E-state index contributed by atoms with van der Waals surface area (Å²) in [5.74, 6) is 2.67. The lowest BCUT2D eigenvalue weighted by molar-refractivity contribution is 0.0714. The van der Waals surface area contributed by atoms with Crippen LogP contribution in [0, 0.1) is 13.8 Å². The second-order valence-corrected chi connectivity index (χ2v) is 6.86. The molecule has 1 N–H and O–H groups in total. The van der Waals surface area contributed by atoms with Crippen LogP contribution in [0.1, 0.15) is 21.9 Å². The van der Waals surface area contributed by atoms with Crippen LogP contribution in [-0.4, -0.2) is 47.0 Å². The van der Waals surface area contributed by atoms with Gasteiger partial charge in [-0.1, -0.05) is 18.2 Å². The van der Waals surface area contributed by atoms with Gasteiger partial charge in [0, 0.05) is 37.9 Å².